The van der Waals surface area contributed by atoms with E-state index in [0.717, 1.165) is 31.4 Å². The molecule has 1 aromatic carbocycles. The number of amides is 1. The number of rotatable bonds is 7. The fourth-order valence-electron chi connectivity index (χ4n) is 3.29. The van der Waals surface area contributed by atoms with E-state index in [0.29, 0.717) is 26.8 Å². The molecule has 1 saturated carbocycles. The van der Waals surface area contributed by atoms with Crippen LogP contribution in [0, 0.1) is 11.3 Å². The van der Waals surface area contributed by atoms with Gasteiger partial charge in [-0.15, -0.1) is 11.3 Å². The standard InChI is InChI=1S/C22H18F3N5O3S2/c1-35(32,33)29-20(31)18-19(15-5-6-15)34-21(28-18)30(16-7-2-13(10-26)3-8-16)12-14-4-9-17(27-11-14)22(23,24)25/h2-4,7-9,11,15H,5-6,12H2,1H3,(H,29,31). The average molecular weight is 522 g/mol. The normalized spacial score (nSPS) is 13.8. The number of anilines is 2. The number of hydrogen-bond donors (Lipinski definition) is 1. The lowest BCUT2D eigenvalue weighted by Gasteiger charge is -2.22. The Labute approximate surface area is 203 Å². The van der Waals surface area contributed by atoms with Gasteiger partial charge >= 0.3 is 6.18 Å². The monoisotopic (exact) mass is 521 g/mol. The van der Waals surface area contributed by atoms with Gasteiger partial charge in [0.05, 0.1) is 24.4 Å². The maximum absolute atomic E-state index is 12.9. The Kier molecular flexibility index (Phi) is 6.52. The zero-order chi connectivity index (χ0) is 25.4. The molecular formula is C22H18F3N5O3S2. The number of alkyl halides is 3. The molecule has 2 aromatic heterocycles. The molecule has 182 valence electrons. The first-order valence-corrected chi connectivity index (χ1v) is 13.0. The minimum Gasteiger partial charge on any atom is -0.313 e. The first-order chi connectivity index (χ1) is 16.4. The highest BCUT2D eigenvalue weighted by atomic mass is 32.2. The largest absolute Gasteiger partial charge is 0.433 e. The van der Waals surface area contributed by atoms with E-state index in [1.165, 1.54) is 17.4 Å². The van der Waals surface area contributed by atoms with Gasteiger partial charge in [-0.1, -0.05) is 6.07 Å². The van der Waals surface area contributed by atoms with Crippen LogP contribution in [0.15, 0.2) is 42.6 Å². The second-order valence-corrected chi connectivity index (χ2v) is 10.7. The lowest BCUT2D eigenvalue weighted by molar-refractivity contribution is -0.141. The second-order valence-electron chi connectivity index (χ2n) is 7.98. The maximum atomic E-state index is 12.9. The molecule has 1 fully saturated rings. The maximum Gasteiger partial charge on any atom is 0.433 e. The number of nitrogens with zero attached hydrogens (tertiary/aromatic N) is 4. The highest BCUT2D eigenvalue weighted by Gasteiger charge is 2.34. The summed E-state index contributed by atoms with van der Waals surface area (Å²) in [5.74, 6) is -0.759. The highest BCUT2D eigenvalue weighted by molar-refractivity contribution is 7.89. The number of nitrogens with one attached hydrogen (secondary N) is 1. The van der Waals surface area contributed by atoms with Crippen LogP contribution >= 0.6 is 11.3 Å². The van der Waals surface area contributed by atoms with Crippen LogP contribution in [0.1, 0.15) is 50.9 Å². The Balaban J connectivity index is 1.74. The van der Waals surface area contributed by atoms with Gasteiger partial charge < -0.3 is 4.90 Å². The average Bonchev–Trinajstić information content (AvgIpc) is 3.54. The molecule has 0 unspecified atom stereocenters. The van der Waals surface area contributed by atoms with Crippen molar-refractivity contribution in [2.24, 2.45) is 0 Å². The number of carbonyl (C=O) groups excluding carboxylic acids is 1. The molecule has 35 heavy (non-hydrogen) atoms. The number of halogens is 3. The molecule has 1 aliphatic carbocycles. The number of carbonyl (C=O) groups is 1. The molecule has 0 bridgehead atoms. The lowest BCUT2D eigenvalue weighted by atomic mass is 10.2. The summed E-state index contributed by atoms with van der Waals surface area (Å²) < 4.78 is 63.9. The van der Waals surface area contributed by atoms with Gasteiger partial charge in [-0.05, 0) is 54.7 Å². The number of nitriles is 1. The Hall–Kier alpha value is -3.50. The molecule has 0 atom stereocenters. The molecule has 1 amide bonds. The Morgan fingerprint density at radius 1 is 1.23 bits per heavy atom. The van der Waals surface area contributed by atoms with Gasteiger partial charge in [0.15, 0.2) is 5.13 Å². The molecule has 13 heteroatoms. The Bertz CT molecular complexity index is 1390. The Morgan fingerprint density at radius 3 is 2.43 bits per heavy atom. The van der Waals surface area contributed by atoms with Gasteiger partial charge in [-0.2, -0.15) is 18.4 Å². The Morgan fingerprint density at radius 2 is 1.91 bits per heavy atom. The summed E-state index contributed by atoms with van der Waals surface area (Å²) >= 11 is 1.22. The highest BCUT2D eigenvalue weighted by Crippen LogP contribution is 2.47. The van der Waals surface area contributed by atoms with Crippen LogP contribution < -0.4 is 9.62 Å². The van der Waals surface area contributed by atoms with Crippen LogP contribution in [-0.2, 0) is 22.7 Å². The van der Waals surface area contributed by atoms with E-state index in [9.17, 15) is 26.4 Å². The van der Waals surface area contributed by atoms with Crippen LogP contribution in [0.25, 0.3) is 0 Å². The third-order valence-corrected chi connectivity index (χ3v) is 6.88. The summed E-state index contributed by atoms with van der Waals surface area (Å²) in [6.07, 6.45) is -0.912. The van der Waals surface area contributed by atoms with Gasteiger partial charge in [0.2, 0.25) is 10.0 Å². The molecule has 0 radical (unpaired) electrons. The zero-order valence-electron chi connectivity index (χ0n) is 18.2. The number of hydrogen-bond acceptors (Lipinski definition) is 8. The number of thiazole rings is 1. The SMILES string of the molecule is CS(=O)(=O)NC(=O)c1nc(N(Cc2ccc(C(F)(F)F)nc2)c2ccc(C#N)cc2)sc1C1CC1. The molecular weight excluding hydrogens is 503 g/mol. The van der Waals surface area contributed by atoms with Gasteiger partial charge in [0, 0.05) is 16.8 Å². The smallest absolute Gasteiger partial charge is 0.313 e. The fraction of sp³-hybridized carbons (Fsp3) is 0.273. The summed E-state index contributed by atoms with van der Waals surface area (Å²) in [6, 6.07) is 10.7. The van der Waals surface area contributed by atoms with Crippen molar-refractivity contribution in [2.45, 2.75) is 31.5 Å². The zero-order valence-corrected chi connectivity index (χ0v) is 19.8. The third-order valence-electron chi connectivity index (χ3n) is 5.08. The summed E-state index contributed by atoms with van der Waals surface area (Å²) in [4.78, 5) is 22.9. The second kappa shape index (κ2) is 9.27. The van der Waals surface area contributed by atoms with Crippen molar-refractivity contribution in [3.63, 3.8) is 0 Å². The van der Waals surface area contributed by atoms with Crippen molar-refractivity contribution in [3.8, 4) is 6.07 Å². The third kappa shape index (κ3) is 5.95. The van der Waals surface area contributed by atoms with Crippen molar-refractivity contribution in [2.75, 3.05) is 11.2 Å². The van der Waals surface area contributed by atoms with Gasteiger partial charge in [-0.25, -0.2) is 18.1 Å². The number of aromatic nitrogens is 2. The molecule has 0 saturated heterocycles. The predicted molar refractivity (Wildman–Crippen MR) is 123 cm³/mol. The topological polar surface area (TPSA) is 116 Å². The summed E-state index contributed by atoms with van der Waals surface area (Å²) in [6.45, 7) is 0.0712. The van der Waals surface area contributed by atoms with E-state index in [-0.39, 0.29) is 18.2 Å². The molecule has 1 N–H and O–H groups in total. The van der Waals surface area contributed by atoms with Crippen LogP contribution in [0.5, 0.6) is 0 Å². The van der Waals surface area contributed by atoms with Crippen molar-refractivity contribution < 1.29 is 26.4 Å². The minimum atomic E-state index is -4.57. The predicted octanol–water partition coefficient (Wildman–Crippen LogP) is 4.33. The van der Waals surface area contributed by atoms with Crippen molar-refractivity contribution in [1.29, 1.82) is 5.26 Å². The number of sulfonamides is 1. The summed E-state index contributed by atoms with van der Waals surface area (Å²) in [7, 11) is -3.81. The van der Waals surface area contributed by atoms with E-state index in [1.54, 1.807) is 29.2 Å². The molecule has 0 spiro atoms. The van der Waals surface area contributed by atoms with Crippen molar-refractivity contribution >= 4 is 38.1 Å². The summed E-state index contributed by atoms with van der Waals surface area (Å²) in [5, 5.41) is 9.46. The van der Waals surface area contributed by atoms with E-state index in [1.807, 2.05) is 10.8 Å². The molecule has 4 rings (SSSR count). The molecule has 1 aliphatic rings. The quantitative estimate of drug-likeness (QED) is 0.492. The minimum absolute atomic E-state index is 0.00196. The van der Waals surface area contributed by atoms with E-state index < -0.39 is 27.8 Å². The summed E-state index contributed by atoms with van der Waals surface area (Å²) in [5.41, 5.74) is 0.428. The van der Waals surface area contributed by atoms with Gasteiger partial charge in [-0.3, -0.25) is 9.78 Å². The molecule has 2 heterocycles. The van der Waals surface area contributed by atoms with Crippen LogP contribution in [0.2, 0.25) is 0 Å². The molecule has 3 aromatic rings. The molecule has 0 aliphatic heterocycles. The fourth-order valence-corrected chi connectivity index (χ4v) is 4.98. The number of benzene rings is 1. The first-order valence-electron chi connectivity index (χ1n) is 10.3. The van der Waals surface area contributed by atoms with Crippen molar-refractivity contribution in [3.05, 3.63) is 70.0 Å². The van der Waals surface area contributed by atoms with Crippen LogP contribution in [0.3, 0.4) is 0 Å². The molecule has 8 nitrogen and oxygen atoms in total. The van der Waals surface area contributed by atoms with Gasteiger partial charge in [0.1, 0.15) is 11.4 Å². The number of pyridine rings is 1. The van der Waals surface area contributed by atoms with E-state index >= 15 is 0 Å². The van der Waals surface area contributed by atoms with Crippen molar-refractivity contribution in [1.82, 2.24) is 14.7 Å². The first kappa shape index (κ1) is 24.6. The van der Waals surface area contributed by atoms with Gasteiger partial charge in [0.25, 0.3) is 5.91 Å². The van der Waals surface area contributed by atoms with E-state index in [2.05, 4.69) is 9.97 Å². The van der Waals surface area contributed by atoms with Crippen LogP contribution in [0.4, 0.5) is 24.0 Å². The lowest BCUT2D eigenvalue weighted by Crippen LogP contribution is -2.30. The van der Waals surface area contributed by atoms with E-state index in [4.69, 9.17) is 5.26 Å². The van der Waals surface area contributed by atoms with Crippen LogP contribution in [-0.4, -0.2) is 30.5 Å².